The maximum atomic E-state index is 12.3. The maximum absolute atomic E-state index is 12.3. The Morgan fingerprint density at radius 2 is 2.33 bits per heavy atom. The maximum Gasteiger partial charge on any atom is 0.318 e. The van der Waals surface area contributed by atoms with Gasteiger partial charge in [-0.3, -0.25) is 0 Å². The molecule has 1 aromatic carbocycles. The van der Waals surface area contributed by atoms with Gasteiger partial charge in [-0.1, -0.05) is 17.3 Å². The van der Waals surface area contributed by atoms with Crippen molar-refractivity contribution in [3.63, 3.8) is 0 Å². The van der Waals surface area contributed by atoms with Crippen LogP contribution < -0.4 is 10.1 Å². The average Bonchev–Trinajstić information content (AvgIpc) is 3.00. The summed E-state index contributed by atoms with van der Waals surface area (Å²) >= 11 is 0. The number of carbonyl (C=O) groups excluding carboxylic acids is 1. The van der Waals surface area contributed by atoms with Crippen molar-refractivity contribution in [2.24, 2.45) is 0 Å². The fraction of sp³-hybridized carbons (Fsp3) is 0.438. The summed E-state index contributed by atoms with van der Waals surface area (Å²) in [6.45, 7) is 1.19. The number of nitrogens with one attached hydrogen (secondary N) is 1. The van der Waals surface area contributed by atoms with Crippen molar-refractivity contribution in [2.45, 2.75) is 25.6 Å². The topological polar surface area (TPSA) is 89.7 Å². The highest BCUT2D eigenvalue weighted by molar-refractivity contribution is 5.75. The molecule has 0 aliphatic carbocycles. The lowest BCUT2D eigenvalue weighted by molar-refractivity contribution is 0.114. The largest absolute Gasteiger partial charge is 0.497 e. The molecule has 2 heterocycles. The molecule has 1 aliphatic heterocycles. The molecular weight excluding hydrogens is 312 g/mol. The minimum atomic E-state index is -0.152. The van der Waals surface area contributed by atoms with E-state index < -0.39 is 0 Å². The lowest BCUT2D eigenvalue weighted by Gasteiger charge is -2.41. The summed E-state index contributed by atoms with van der Waals surface area (Å²) in [5, 5.41) is 6.56. The Kier molecular flexibility index (Phi) is 4.95. The van der Waals surface area contributed by atoms with Crippen molar-refractivity contribution < 1.29 is 18.8 Å². The van der Waals surface area contributed by atoms with Crippen molar-refractivity contribution >= 4 is 6.03 Å². The molecule has 0 saturated carbocycles. The zero-order chi connectivity index (χ0) is 16.9. The highest BCUT2D eigenvalue weighted by Gasteiger charge is 2.33. The van der Waals surface area contributed by atoms with Crippen molar-refractivity contribution in [2.75, 3.05) is 20.8 Å². The molecule has 1 unspecified atom stereocenters. The number of amides is 2. The number of rotatable bonds is 6. The number of urea groups is 1. The number of benzene rings is 1. The molecule has 3 rings (SSSR count). The summed E-state index contributed by atoms with van der Waals surface area (Å²) in [5.74, 6) is 1.60. The van der Waals surface area contributed by atoms with Gasteiger partial charge < -0.3 is 24.2 Å². The molecule has 128 valence electrons. The third kappa shape index (κ3) is 3.48. The van der Waals surface area contributed by atoms with Crippen LogP contribution in [-0.2, 0) is 17.9 Å². The Hall–Kier alpha value is -2.61. The number of methoxy groups -OCH3 is 2. The number of carbonyl (C=O) groups is 1. The van der Waals surface area contributed by atoms with E-state index in [0.717, 1.165) is 17.7 Å². The van der Waals surface area contributed by atoms with Crippen LogP contribution in [0.25, 0.3) is 0 Å². The number of aromatic nitrogens is 2. The predicted molar refractivity (Wildman–Crippen MR) is 84.3 cm³/mol. The predicted octanol–water partition coefficient (Wildman–Crippen LogP) is 1.88. The molecule has 24 heavy (non-hydrogen) atoms. The minimum absolute atomic E-state index is 0.0619. The van der Waals surface area contributed by atoms with E-state index in [4.69, 9.17) is 14.0 Å². The third-order valence-corrected chi connectivity index (χ3v) is 3.93. The van der Waals surface area contributed by atoms with Gasteiger partial charge in [0.1, 0.15) is 12.4 Å². The van der Waals surface area contributed by atoms with Crippen LogP contribution in [0.5, 0.6) is 5.75 Å². The molecule has 1 N–H and O–H groups in total. The number of nitrogens with zero attached hydrogens (tertiary/aromatic N) is 3. The second-order valence-electron chi connectivity index (χ2n) is 5.47. The van der Waals surface area contributed by atoms with E-state index in [1.807, 2.05) is 24.3 Å². The zero-order valence-electron chi connectivity index (χ0n) is 13.7. The Balaban J connectivity index is 1.56. The van der Waals surface area contributed by atoms with Crippen LogP contribution in [0.3, 0.4) is 0 Å². The quantitative estimate of drug-likeness (QED) is 0.869. The molecule has 2 amide bonds. The smallest absolute Gasteiger partial charge is 0.318 e. The van der Waals surface area contributed by atoms with Crippen molar-refractivity contribution in [3.05, 3.63) is 41.5 Å². The first-order valence-electron chi connectivity index (χ1n) is 7.70. The van der Waals surface area contributed by atoms with E-state index in [0.29, 0.717) is 18.3 Å². The van der Waals surface area contributed by atoms with E-state index >= 15 is 0 Å². The summed E-state index contributed by atoms with van der Waals surface area (Å²) < 4.78 is 15.2. The normalized spacial score (nSPS) is 16.6. The molecule has 8 nitrogen and oxygen atoms in total. The second-order valence-corrected chi connectivity index (χ2v) is 5.47. The van der Waals surface area contributed by atoms with Crippen molar-refractivity contribution in [3.8, 4) is 5.75 Å². The molecule has 8 heteroatoms. The fourth-order valence-electron chi connectivity index (χ4n) is 2.63. The minimum Gasteiger partial charge on any atom is -0.497 e. The number of likely N-dealkylation sites (tertiary alicyclic amines) is 1. The lowest BCUT2D eigenvalue weighted by Crippen LogP contribution is -2.49. The van der Waals surface area contributed by atoms with Crippen LogP contribution in [0, 0.1) is 0 Å². The summed E-state index contributed by atoms with van der Waals surface area (Å²) in [6.07, 6.45) is 0.930. The van der Waals surface area contributed by atoms with E-state index in [1.54, 1.807) is 19.1 Å². The highest BCUT2D eigenvalue weighted by atomic mass is 16.5. The summed E-state index contributed by atoms with van der Waals surface area (Å²) in [5.41, 5.74) is 1.07. The molecule has 1 aromatic heterocycles. The van der Waals surface area contributed by atoms with Gasteiger partial charge in [0.25, 0.3) is 0 Å². The van der Waals surface area contributed by atoms with Crippen molar-refractivity contribution in [1.29, 1.82) is 0 Å². The molecule has 0 radical (unpaired) electrons. The molecule has 1 fully saturated rings. The second kappa shape index (κ2) is 7.31. The zero-order valence-corrected chi connectivity index (χ0v) is 13.7. The fourth-order valence-corrected chi connectivity index (χ4v) is 2.63. The van der Waals surface area contributed by atoms with Crippen LogP contribution in [0.4, 0.5) is 4.79 Å². The number of hydrogen-bond donors (Lipinski definition) is 1. The van der Waals surface area contributed by atoms with E-state index in [2.05, 4.69) is 15.5 Å². The molecule has 1 aliphatic rings. The monoisotopic (exact) mass is 332 g/mol. The lowest BCUT2D eigenvalue weighted by atomic mass is 9.95. The molecular formula is C16H20N4O4. The molecule has 2 aromatic rings. The Morgan fingerprint density at radius 3 is 3.04 bits per heavy atom. The number of ether oxygens (including phenoxy) is 2. The van der Waals surface area contributed by atoms with Crippen LogP contribution >= 0.6 is 0 Å². The first kappa shape index (κ1) is 16.3. The van der Waals surface area contributed by atoms with Crippen LogP contribution in [0.2, 0.25) is 0 Å². The van der Waals surface area contributed by atoms with Gasteiger partial charge in [-0.05, 0) is 24.1 Å². The van der Waals surface area contributed by atoms with Crippen LogP contribution in [0.15, 0.2) is 28.8 Å². The molecule has 1 atom stereocenters. The van der Waals surface area contributed by atoms with Gasteiger partial charge in [0.15, 0.2) is 5.82 Å². The Labute approximate surface area is 139 Å². The summed E-state index contributed by atoms with van der Waals surface area (Å²) in [4.78, 5) is 18.2. The number of hydrogen-bond acceptors (Lipinski definition) is 6. The van der Waals surface area contributed by atoms with Crippen molar-refractivity contribution in [1.82, 2.24) is 20.4 Å². The first-order valence-corrected chi connectivity index (χ1v) is 7.70. The van der Waals surface area contributed by atoms with Gasteiger partial charge in [-0.2, -0.15) is 4.98 Å². The van der Waals surface area contributed by atoms with Gasteiger partial charge in [0, 0.05) is 13.7 Å². The average molecular weight is 332 g/mol. The summed E-state index contributed by atoms with van der Waals surface area (Å²) in [6, 6.07) is 7.69. The van der Waals surface area contributed by atoms with E-state index in [-0.39, 0.29) is 25.2 Å². The molecule has 1 saturated heterocycles. The Bertz CT molecular complexity index is 703. The van der Waals surface area contributed by atoms with E-state index in [1.165, 1.54) is 0 Å². The van der Waals surface area contributed by atoms with Gasteiger partial charge in [-0.15, -0.1) is 0 Å². The molecule has 0 spiro atoms. The van der Waals surface area contributed by atoms with Crippen LogP contribution in [-0.4, -0.2) is 41.8 Å². The van der Waals surface area contributed by atoms with E-state index in [9.17, 15) is 4.79 Å². The van der Waals surface area contributed by atoms with Gasteiger partial charge in [0.2, 0.25) is 5.89 Å². The SMILES string of the molecule is COCc1noc(CNC(=O)N2CCC2c2cccc(OC)c2)n1. The standard InChI is InChI=1S/C16H20N4O4/c1-22-10-14-18-15(24-19-14)9-17-16(21)20-7-6-13(20)11-4-3-5-12(8-11)23-2/h3-5,8,13H,6-7,9-10H2,1-2H3,(H,17,21). The molecule has 0 bridgehead atoms. The first-order chi connectivity index (χ1) is 11.7. The third-order valence-electron chi connectivity index (χ3n) is 3.93. The van der Waals surface area contributed by atoms with Gasteiger partial charge >= 0.3 is 6.03 Å². The summed E-state index contributed by atoms with van der Waals surface area (Å²) in [7, 11) is 3.19. The Morgan fingerprint density at radius 1 is 1.46 bits per heavy atom. The highest BCUT2D eigenvalue weighted by Crippen LogP contribution is 2.34. The van der Waals surface area contributed by atoms with Gasteiger partial charge in [-0.25, -0.2) is 4.79 Å². The van der Waals surface area contributed by atoms with Gasteiger partial charge in [0.05, 0.1) is 19.7 Å². The van der Waals surface area contributed by atoms with Crippen LogP contribution in [0.1, 0.15) is 29.7 Å².